The first kappa shape index (κ1) is 21.2. The van der Waals surface area contributed by atoms with Gasteiger partial charge in [0.25, 0.3) is 0 Å². The summed E-state index contributed by atoms with van der Waals surface area (Å²) in [5.41, 5.74) is 5.10. The lowest BCUT2D eigenvalue weighted by molar-refractivity contribution is -0.111. The highest BCUT2D eigenvalue weighted by molar-refractivity contribution is 6.00. The van der Waals surface area contributed by atoms with Crippen LogP contribution >= 0.6 is 0 Å². The molecule has 0 saturated heterocycles. The van der Waals surface area contributed by atoms with Gasteiger partial charge in [-0.1, -0.05) is 6.08 Å². The molecule has 0 aromatic carbocycles. The van der Waals surface area contributed by atoms with Crippen LogP contribution in [0.25, 0.3) is 33.3 Å². The standard InChI is InChI=1S/C24H24N6O2/c1-30(2)8-4-5-22(31)29-19-9-17(11-25-14-19)18-10-20-21(15-28-24(20)27-13-18)16-6-7-23(32-3)26-12-16/h4-7,9-15H,8H2,1-3H3,(H,27,28)(H,29,31). The van der Waals surface area contributed by atoms with Crippen molar-refractivity contribution in [1.29, 1.82) is 0 Å². The molecule has 8 heteroatoms. The van der Waals surface area contributed by atoms with E-state index in [9.17, 15) is 4.79 Å². The molecule has 162 valence electrons. The lowest BCUT2D eigenvalue weighted by atomic mass is 10.0. The molecule has 4 aromatic rings. The molecule has 4 rings (SSSR count). The Morgan fingerprint density at radius 1 is 1.09 bits per heavy atom. The molecule has 2 N–H and O–H groups in total. The van der Waals surface area contributed by atoms with Crippen molar-refractivity contribution < 1.29 is 9.53 Å². The number of rotatable bonds is 7. The van der Waals surface area contributed by atoms with E-state index in [0.717, 1.165) is 33.3 Å². The lowest BCUT2D eigenvalue weighted by Gasteiger charge is -2.07. The quantitative estimate of drug-likeness (QED) is 0.435. The predicted molar refractivity (Wildman–Crippen MR) is 125 cm³/mol. The second-order valence-corrected chi connectivity index (χ2v) is 7.53. The Balaban J connectivity index is 1.60. The zero-order chi connectivity index (χ0) is 22.5. The van der Waals surface area contributed by atoms with Crippen LogP contribution in [0, 0.1) is 0 Å². The molecule has 1 amide bonds. The van der Waals surface area contributed by atoms with Crippen LogP contribution in [-0.4, -0.2) is 58.5 Å². The number of ether oxygens (including phenoxy) is 1. The molecule has 0 unspecified atom stereocenters. The number of pyridine rings is 3. The number of carbonyl (C=O) groups excluding carboxylic acids is 1. The molecule has 0 atom stereocenters. The van der Waals surface area contributed by atoms with Gasteiger partial charge >= 0.3 is 0 Å². The molecule has 0 fully saturated rings. The van der Waals surface area contributed by atoms with Crippen molar-refractivity contribution in [3.63, 3.8) is 0 Å². The fourth-order valence-corrected chi connectivity index (χ4v) is 3.28. The van der Waals surface area contributed by atoms with Crippen LogP contribution in [-0.2, 0) is 4.79 Å². The summed E-state index contributed by atoms with van der Waals surface area (Å²) in [5, 5.41) is 3.82. The van der Waals surface area contributed by atoms with E-state index >= 15 is 0 Å². The van der Waals surface area contributed by atoms with E-state index in [0.29, 0.717) is 18.1 Å². The number of methoxy groups -OCH3 is 1. The van der Waals surface area contributed by atoms with Crippen LogP contribution in [0.2, 0.25) is 0 Å². The molecule has 0 spiro atoms. The minimum atomic E-state index is -0.195. The molecule has 0 bridgehead atoms. The van der Waals surface area contributed by atoms with Gasteiger partial charge in [0.05, 0.1) is 19.0 Å². The minimum Gasteiger partial charge on any atom is -0.481 e. The van der Waals surface area contributed by atoms with E-state index in [-0.39, 0.29) is 5.91 Å². The van der Waals surface area contributed by atoms with E-state index in [1.807, 2.05) is 49.5 Å². The van der Waals surface area contributed by atoms with Crippen LogP contribution in [0.15, 0.2) is 67.4 Å². The average molecular weight is 428 g/mol. The van der Waals surface area contributed by atoms with Gasteiger partial charge in [-0.25, -0.2) is 9.97 Å². The number of hydrogen-bond donors (Lipinski definition) is 2. The van der Waals surface area contributed by atoms with Crippen molar-refractivity contribution in [3.05, 3.63) is 67.4 Å². The molecule has 32 heavy (non-hydrogen) atoms. The number of nitrogens with zero attached hydrogens (tertiary/aromatic N) is 4. The predicted octanol–water partition coefficient (Wildman–Crippen LogP) is 3.75. The van der Waals surface area contributed by atoms with Gasteiger partial charge in [0.2, 0.25) is 11.8 Å². The Kier molecular flexibility index (Phi) is 6.23. The van der Waals surface area contributed by atoms with Crippen LogP contribution in [0.4, 0.5) is 5.69 Å². The van der Waals surface area contributed by atoms with E-state index < -0.39 is 0 Å². The highest BCUT2D eigenvalue weighted by Crippen LogP contribution is 2.31. The minimum absolute atomic E-state index is 0.195. The van der Waals surface area contributed by atoms with Crippen molar-refractivity contribution in [2.24, 2.45) is 0 Å². The normalized spacial score (nSPS) is 11.4. The summed E-state index contributed by atoms with van der Waals surface area (Å²) in [6, 6.07) is 7.73. The van der Waals surface area contributed by atoms with Crippen LogP contribution < -0.4 is 10.1 Å². The van der Waals surface area contributed by atoms with Gasteiger partial charge in [-0.3, -0.25) is 9.78 Å². The Morgan fingerprint density at radius 2 is 1.91 bits per heavy atom. The molecule has 0 aliphatic carbocycles. The molecule has 0 aliphatic rings. The first-order valence-electron chi connectivity index (χ1n) is 10.1. The lowest BCUT2D eigenvalue weighted by Crippen LogP contribution is -2.13. The number of aromatic nitrogens is 4. The number of aromatic amines is 1. The third-order valence-electron chi connectivity index (χ3n) is 4.87. The smallest absolute Gasteiger partial charge is 0.248 e. The number of fused-ring (bicyclic) bond motifs is 1. The number of carbonyl (C=O) groups is 1. The number of hydrogen-bond acceptors (Lipinski definition) is 6. The Labute approximate surface area is 186 Å². The SMILES string of the molecule is COc1ccc(-c2c[nH]c3ncc(-c4cncc(NC(=O)C=CCN(C)C)c4)cc23)cn1. The summed E-state index contributed by atoms with van der Waals surface area (Å²) >= 11 is 0. The summed E-state index contributed by atoms with van der Waals surface area (Å²) < 4.78 is 5.15. The first-order valence-corrected chi connectivity index (χ1v) is 10.1. The van der Waals surface area contributed by atoms with Crippen molar-refractivity contribution >= 4 is 22.6 Å². The first-order chi connectivity index (χ1) is 15.5. The van der Waals surface area contributed by atoms with Crippen LogP contribution in [0.3, 0.4) is 0 Å². The number of likely N-dealkylation sites (N-methyl/N-ethyl adjacent to an activating group) is 1. The van der Waals surface area contributed by atoms with Gasteiger partial charge in [-0.05, 0) is 32.3 Å². The highest BCUT2D eigenvalue weighted by Gasteiger charge is 2.11. The third-order valence-corrected chi connectivity index (χ3v) is 4.87. The molecular weight excluding hydrogens is 404 g/mol. The van der Waals surface area contributed by atoms with Gasteiger partial charge in [0.15, 0.2) is 0 Å². The van der Waals surface area contributed by atoms with Gasteiger partial charge in [-0.15, -0.1) is 0 Å². The van der Waals surface area contributed by atoms with Gasteiger partial charge < -0.3 is 19.9 Å². The molecule has 8 nitrogen and oxygen atoms in total. The number of anilines is 1. The molecule has 0 saturated carbocycles. The maximum atomic E-state index is 12.2. The maximum Gasteiger partial charge on any atom is 0.248 e. The van der Waals surface area contributed by atoms with E-state index in [1.54, 1.807) is 31.9 Å². The summed E-state index contributed by atoms with van der Waals surface area (Å²) in [5.74, 6) is 0.369. The Bertz CT molecular complexity index is 1260. The average Bonchev–Trinajstić information content (AvgIpc) is 3.22. The molecule has 4 aromatic heterocycles. The van der Waals surface area contributed by atoms with Crippen LogP contribution in [0.5, 0.6) is 5.88 Å². The van der Waals surface area contributed by atoms with E-state index in [2.05, 4.69) is 31.3 Å². The van der Waals surface area contributed by atoms with Gasteiger partial charge in [-0.2, -0.15) is 0 Å². The number of amides is 1. The molecule has 0 radical (unpaired) electrons. The van der Waals surface area contributed by atoms with Crippen molar-refractivity contribution in [2.45, 2.75) is 0 Å². The largest absolute Gasteiger partial charge is 0.481 e. The molecular formula is C24H24N6O2. The number of nitrogens with one attached hydrogen (secondary N) is 2. The van der Waals surface area contributed by atoms with Gasteiger partial charge in [0.1, 0.15) is 5.65 Å². The maximum absolute atomic E-state index is 12.2. The zero-order valence-corrected chi connectivity index (χ0v) is 18.2. The Hall–Kier alpha value is -4.04. The van der Waals surface area contributed by atoms with Crippen molar-refractivity contribution in [2.75, 3.05) is 33.1 Å². The summed E-state index contributed by atoms with van der Waals surface area (Å²) in [7, 11) is 5.48. The zero-order valence-electron chi connectivity index (χ0n) is 18.2. The van der Waals surface area contributed by atoms with E-state index in [4.69, 9.17) is 4.74 Å². The molecule has 4 heterocycles. The van der Waals surface area contributed by atoms with Crippen molar-refractivity contribution in [3.8, 4) is 28.1 Å². The summed E-state index contributed by atoms with van der Waals surface area (Å²) in [6.07, 6.45) is 12.2. The fourth-order valence-electron chi connectivity index (χ4n) is 3.28. The highest BCUT2D eigenvalue weighted by atomic mass is 16.5. The monoisotopic (exact) mass is 428 g/mol. The van der Waals surface area contributed by atoms with Gasteiger partial charge in [0, 0.05) is 71.1 Å². The second kappa shape index (κ2) is 9.40. The summed E-state index contributed by atoms with van der Waals surface area (Å²) in [6.45, 7) is 0.695. The van der Waals surface area contributed by atoms with Crippen molar-refractivity contribution in [1.82, 2.24) is 24.8 Å². The van der Waals surface area contributed by atoms with E-state index in [1.165, 1.54) is 6.08 Å². The summed E-state index contributed by atoms with van der Waals surface area (Å²) in [4.78, 5) is 30.5. The number of H-pyrrole nitrogens is 1. The molecule has 0 aliphatic heterocycles. The Morgan fingerprint density at radius 3 is 2.66 bits per heavy atom. The van der Waals surface area contributed by atoms with Crippen LogP contribution in [0.1, 0.15) is 0 Å². The second-order valence-electron chi connectivity index (χ2n) is 7.53. The third kappa shape index (κ3) is 4.81. The fraction of sp³-hybridized carbons (Fsp3) is 0.167. The topological polar surface area (TPSA) is 96.0 Å².